The molecule has 0 bridgehead atoms. The number of aromatic nitrogens is 1. The van der Waals surface area contributed by atoms with Crippen LogP contribution in [0.4, 0.5) is 0 Å². The summed E-state index contributed by atoms with van der Waals surface area (Å²) in [6, 6.07) is 8.78. The van der Waals surface area contributed by atoms with Gasteiger partial charge in [-0.15, -0.1) is 0 Å². The number of amides is 1. The second-order valence-corrected chi connectivity index (χ2v) is 6.35. The molecule has 1 amide bonds. The number of H-pyrrole nitrogens is 1. The summed E-state index contributed by atoms with van der Waals surface area (Å²) in [5, 5.41) is 0. The van der Waals surface area contributed by atoms with Crippen LogP contribution in [0.15, 0.2) is 30.3 Å². The summed E-state index contributed by atoms with van der Waals surface area (Å²) in [4.78, 5) is 42.3. The van der Waals surface area contributed by atoms with Gasteiger partial charge in [-0.3, -0.25) is 9.59 Å². The van der Waals surface area contributed by atoms with Gasteiger partial charge in [0.2, 0.25) is 0 Å². The third kappa shape index (κ3) is 4.86. The van der Waals surface area contributed by atoms with E-state index in [1.54, 1.807) is 52.1 Å². The van der Waals surface area contributed by atoms with Gasteiger partial charge in [-0.25, -0.2) is 4.79 Å². The monoisotopic (exact) mass is 386 g/mol. The van der Waals surface area contributed by atoms with E-state index in [1.165, 1.54) is 4.90 Å². The first-order chi connectivity index (χ1) is 13.4. The predicted octanol–water partition coefficient (Wildman–Crippen LogP) is 2.78. The van der Waals surface area contributed by atoms with Gasteiger partial charge in [0, 0.05) is 30.5 Å². The summed E-state index contributed by atoms with van der Waals surface area (Å²) in [7, 11) is 1.54. The van der Waals surface area contributed by atoms with Gasteiger partial charge in [0.05, 0.1) is 19.8 Å². The highest BCUT2D eigenvalue weighted by Gasteiger charge is 2.26. The number of methoxy groups -OCH3 is 1. The third-order valence-corrected chi connectivity index (χ3v) is 4.40. The number of ether oxygens (including phenoxy) is 2. The molecule has 0 spiro atoms. The van der Waals surface area contributed by atoms with Crippen molar-refractivity contribution in [1.82, 2.24) is 9.88 Å². The molecule has 1 heterocycles. The van der Waals surface area contributed by atoms with E-state index in [2.05, 4.69) is 4.98 Å². The molecule has 0 saturated carbocycles. The van der Waals surface area contributed by atoms with Crippen molar-refractivity contribution in [2.45, 2.75) is 20.8 Å². The van der Waals surface area contributed by atoms with E-state index >= 15 is 0 Å². The van der Waals surface area contributed by atoms with Crippen molar-refractivity contribution in [3.63, 3.8) is 0 Å². The van der Waals surface area contributed by atoms with Crippen molar-refractivity contribution in [2.75, 3.05) is 33.4 Å². The number of rotatable bonds is 9. The van der Waals surface area contributed by atoms with E-state index in [9.17, 15) is 14.4 Å². The summed E-state index contributed by atoms with van der Waals surface area (Å²) in [5.74, 6) is -0.997. The van der Waals surface area contributed by atoms with Gasteiger partial charge < -0.3 is 19.4 Å². The number of Topliss-reactive ketones (excluding diaryl/α,β-unsaturated/α-hetero) is 1. The second kappa shape index (κ2) is 9.85. The average molecular weight is 386 g/mol. The van der Waals surface area contributed by atoms with Crippen LogP contribution in [0, 0.1) is 13.8 Å². The zero-order valence-corrected chi connectivity index (χ0v) is 16.7. The summed E-state index contributed by atoms with van der Waals surface area (Å²) in [6.07, 6.45) is 0. The quantitative estimate of drug-likeness (QED) is 0.529. The Kier molecular flexibility index (Phi) is 7.52. The number of aromatic amines is 1. The normalized spacial score (nSPS) is 10.6. The maximum atomic E-state index is 13.0. The van der Waals surface area contributed by atoms with Gasteiger partial charge in [0.1, 0.15) is 5.69 Å². The van der Waals surface area contributed by atoms with Crippen LogP contribution in [0.5, 0.6) is 0 Å². The van der Waals surface area contributed by atoms with E-state index in [0.29, 0.717) is 29.0 Å². The fourth-order valence-corrected chi connectivity index (χ4v) is 3.05. The molecular formula is C21H26N2O5. The van der Waals surface area contributed by atoms with E-state index in [-0.39, 0.29) is 37.1 Å². The van der Waals surface area contributed by atoms with Crippen LogP contribution in [-0.2, 0) is 9.47 Å². The highest BCUT2D eigenvalue weighted by atomic mass is 16.5. The molecule has 0 unspecified atom stereocenters. The van der Waals surface area contributed by atoms with Gasteiger partial charge in [-0.05, 0) is 38.5 Å². The first-order valence-electron chi connectivity index (χ1n) is 9.13. The van der Waals surface area contributed by atoms with Crippen LogP contribution in [0.2, 0.25) is 0 Å². The fraction of sp³-hybridized carbons (Fsp3) is 0.381. The summed E-state index contributed by atoms with van der Waals surface area (Å²) < 4.78 is 10.1. The summed E-state index contributed by atoms with van der Waals surface area (Å²) in [5.41, 5.74) is 2.28. The highest BCUT2D eigenvalue weighted by Crippen LogP contribution is 2.20. The number of carbonyl (C=O) groups is 3. The first kappa shape index (κ1) is 21.4. The zero-order valence-electron chi connectivity index (χ0n) is 16.7. The van der Waals surface area contributed by atoms with Crippen LogP contribution in [0.1, 0.15) is 49.4 Å². The topological polar surface area (TPSA) is 88.7 Å². The number of esters is 1. The number of ketones is 1. The van der Waals surface area contributed by atoms with Crippen LogP contribution >= 0.6 is 0 Å². The van der Waals surface area contributed by atoms with Gasteiger partial charge in [-0.1, -0.05) is 18.2 Å². The molecule has 0 aliphatic rings. The summed E-state index contributed by atoms with van der Waals surface area (Å²) >= 11 is 0. The number of benzene rings is 1. The van der Waals surface area contributed by atoms with Crippen molar-refractivity contribution in [1.29, 1.82) is 0 Å². The lowest BCUT2D eigenvalue weighted by Gasteiger charge is -2.22. The standard InChI is InChI=1S/C21H26N2O5/c1-5-28-21(26)19-14(2)18(15(3)22-19)17(24)13-23(11-12-27-4)20(25)16-9-7-6-8-10-16/h6-10,22H,5,11-13H2,1-4H3. The minimum Gasteiger partial charge on any atom is -0.461 e. The molecule has 0 fully saturated rings. The Labute approximate surface area is 164 Å². The molecule has 0 atom stereocenters. The Morgan fingerprint density at radius 1 is 1.11 bits per heavy atom. The lowest BCUT2D eigenvalue weighted by atomic mass is 10.0. The molecule has 0 radical (unpaired) electrons. The number of hydrogen-bond donors (Lipinski definition) is 1. The largest absolute Gasteiger partial charge is 0.461 e. The molecule has 1 aromatic carbocycles. The van der Waals surface area contributed by atoms with Gasteiger partial charge in [0.25, 0.3) is 5.91 Å². The molecule has 0 saturated heterocycles. The minimum atomic E-state index is -0.501. The molecule has 7 heteroatoms. The third-order valence-electron chi connectivity index (χ3n) is 4.40. The lowest BCUT2D eigenvalue weighted by Crippen LogP contribution is -2.38. The fourth-order valence-electron chi connectivity index (χ4n) is 3.05. The maximum absolute atomic E-state index is 13.0. The number of nitrogens with one attached hydrogen (secondary N) is 1. The van der Waals surface area contributed by atoms with Crippen LogP contribution in [0.3, 0.4) is 0 Å². The predicted molar refractivity (Wildman–Crippen MR) is 105 cm³/mol. The van der Waals surface area contributed by atoms with E-state index in [1.807, 2.05) is 6.07 Å². The van der Waals surface area contributed by atoms with Crippen LogP contribution < -0.4 is 0 Å². The Hall–Kier alpha value is -2.93. The molecule has 2 rings (SSSR count). The zero-order chi connectivity index (χ0) is 20.7. The van der Waals surface area contributed by atoms with E-state index in [0.717, 1.165) is 0 Å². The van der Waals surface area contributed by atoms with Crippen LogP contribution in [-0.4, -0.2) is 61.0 Å². The van der Waals surface area contributed by atoms with E-state index in [4.69, 9.17) is 9.47 Å². The molecule has 0 aliphatic carbocycles. The Balaban J connectivity index is 2.26. The number of carbonyl (C=O) groups excluding carboxylic acids is 3. The molecule has 2 aromatic rings. The Bertz CT molecular complexity index is 842. The number of nitrogens with zero attached hydrogens (tertiary/aromatic N) is 1. The van der Waals surface area contributed by atoms with Gasteiger partial charge in [-0.2, -0.15) is 0 Å². The number of aryl methyl sites for hydroxylation is 1. The second-order valence-electron chi connectivity index (χ2n) is 6.35. The molecular weight excluding hydrogens is 360 g/mol. The lowest BCUT2D eigenvalue weighted by molar-refractivity contribution is 0.0519. The summed E-state index contributed by atoms with van der Waals surface area (Å²) in [6.45, 7) is 5.87. The maximum Gasteiger partial charge on any atom is 0.355 e. The molecule has 1 N–H and O–H groups in total. The number of hydrogen-bond acceptors (Lipinski definition) is 5. The smallest absolute Gasteiger partial charge is 0.355 e. The average Bonchev–Trinajstić information content (AvgIpc) is 2.99. The van der Waals surface area contributed by atoms with Gasteiger partial charge >= 0.3 is 5.97 Å². The van der Waals surface area contributed by atoms with Crippen molar-refractivity contribution < 1.29 is 23.9 Å². The van der Waals surface area contributed by atoms with Crippen molar-refractivity contribution in [2.24, 2.45) is 0 Å². The molecule has 150 valence electrons. The van der Waals surface area contributed by atoms with E-state index < -0.39 is 5.97 Å². The van der Waals surface area contributed by atoms with Crippen molar-refractivity contribution >= 4 is 17.7 Å². The Morgan fingerprint density at radius 3 is 2.39 bits per heavy atom. The first-order valence-corrected chi connectivity index (χ1v) is 9.13. The van der Waals surface area contributed by atoms with Crippen LogP contribution in [0.25, 0.3) is 0 Å². The van der Waals surface area contributed by atoms with Gasteiger partial charge in [0.15, 0.2) is 5.78 Å². The SMILES string of the molecule is CCOC(=O)c1[nH]c(C)c(C(=O)CN(CCOC)C(=O)c2ccccc2)c1C. The molecule has 0 aliphatic heterocycles. The highest BCUT2D eigenvalue weighted by molar-refractivity contribution is 6.05. The Morgan fingerprint density at radius 2 is 1.79 bits per heavy atom. The molecule has 7 nitrogen and oxygen atoms in total. The van der Waals surface area contributed by atoms with Crippen molar-refractivity contribution in [3.8, 4) is 0 Å². The molecule has 28 heavy (non-hydrogen) atoms. The molecule has 1 aromatic heterocycles. The van der Waals surface area contributed by atoms with Crippen molar-refractivity contribution in [3.05, 3.63) is 58.4 Å². The minimum absolute atomic E-state index is 0.112.